The highest BCUT2D eigenvalue weighted by atomic mass is 16.5. The molecule has 1 aromatic carbocycles. The van der Waals surface area contributed by atoms with Gasteiger partial charge in [-0.1, -0.05) is 19.9 Å². The minimum atomic E-state index is -0.689. The quantitative estimate of drug-likeness (QED) is 0.236. The van der Waals surface area contributed by atoms with Gasteiger partial charge in [-0.3, -0.25) is 5.84 Å². The molecule has 5 N–H and O–H groups in total. The van der Waals surface area contributed by atoms with E-state index in [0.717, 1.165) is 12.8 Å². The van der Waals surface area contributed by atoms with Crippen LogP contribution < -0.4 is 21.7 Å². The van der Waals surface area contributed by atoms with E-state index < -0.39 is 5.97 Å². The van der Waals surface area contributed by atoms with Crippen molar-refractivity contribution in [3.8, 4) is 5.75 Å². The Hall–Kier alpha value is -2.21. The molecule has 0 atom stereocenters. The summed E-state index contributed by atoms with van der Waals surface area (Å²) in [5.74, 6) is 4.96. The number of methoxy groups -OCH3 is 1. The molecule has 0 saturated carbocycles. The Bertz CT molecular complexity index is 512. The van der Waals surface area contributed by atoms with Crippen LogP contribution in [-0.4, -0.2) is 13.1 Å². The average molecular weight is 279 g/mol. The zero-order valence-electron chi connectivity index (χ0n) is 12.0. The van der Waals surface area contributed by atoms with Crippen LogP contribution in [0, 0.1) is 0 Å². The van der Waals surface area contributed by atoms with Gasteiger partial charge in [0.2, 0.25) is 5.88 Å². The predicted molar refractivity (Wildman–Crippen MR) is 76.4 cm³/mol. The molecule has 1 aromatic rings. The molecule has 0 bridgehead atoms. The third kappa shape index (κ3) is 3.64. The van der Waals surface area contributed by atoms with Gasteiger partial charge in [-0.15, -0.1) is 0 Å². The molecule has 0 aliphatic carbocycles. The molecular weight excluding hydrogens is 258 g/mol. The molecule has 0 aliphatic rings. The minimum Gasteiger partial charge on any atom is -0.464 e. The highest BCUT2D eigenvalue weighted by Gasteiger charge is 2.15. The summed E-state index contributed by atoms with van der Waals surface area (Å²) < 4.78 is 9.99. The number of rotatable bonds is 6. The number of nitrogens with one attached hydrogen (secondary N) is 1. The molecule has 0 saturated heterocycles. The van der Waals surface area contributed by atoms with E-state index in [2.05, 4.69) is 24.0 Å². The van der Waals surface area contributed by atoms with Crippen molar-refractivity contribution in [3.05, 3.63) is 40.9 Å². The second-order valence-corrected chi connectivity index (χ2v) is 4.11. The van der Waals surface area contributed by atoms with Crippen molar-refractivity contribution in [2.75, 3.05) is 7.11 Å². The summed E-state index contributed by atoms with van der Waals surface area (Å²) in [5.41, 5.74) is 10.2. The van der Waals surface area contributed by atoms with Crippen LogP contribution in [0.5, 0.6) is 5.75 Å². The van der Waals surface area contributed by atoms with Crippen LogP contribution in [0.2, 0.25) is 0 Å². The largest absolute Gasteiger partial charge is 0.464 e. The molecule has 1 rings (SSSR count). The number of hydrogen-bond donors (Lipinski definition) is 3. The van der Waals surface area contributed by atoms with Gasteiger partial charge in [0.15, 0.2) is 5.70 Å². The average Bonchev–Trinajstić information content (AvgIpc) is 2.47. The first kappa shape index (κ1) is 15.8. The van der Waals surface area contributed by atoms with Crippen molar-refractivity contribution in [3.63, 3.8) is 0 Å². The topological polar surface area (TPSA) is 99.6 Å². The van der Waals surface area contributed by atoms with Crippen molar-refractivity contribution in [1.82, 2.24) is 5.43 Å². The lowest BCUT2D eigenvalue weighted by molar-refractivity contribution is -0.136. The lowest BCUT2D eigenvalue weighted by Gasteiger charge is -2.12. The number of ether oxygens (including phenoxy) is 2. The van der Waals surface area contributed by atoms with Crippen LogP contribution in [-0.2, 0) is 22.4 Å². The van der Waals surface area contributed by atoms with E-state index in [0.29, 0.717) is 5.75 Å². The Morgan fingerprint density at radius 3 is 2.40 bits per heavy atom. The van der Waals surface area contributed by atoms with E-state index >= 15 is 0 Å². The molecular formula is C14H21N3O3. The first-order chi connectivity index (χ1) is 9.57. The fourth-order valence-electron chi connectivity index (χ4n) is 1.85. The third-order valence-corrected chi connectivity index (χ3v) is 2.95. The smallest absolute Gasteiger partial charge is 0.361 e. The normalized spacial score (nSPS) is 11.6. The fourth-order valence-corrected chi connectivity index (χ4v) is 1.85. The zero-order chi connectivity index (χ0) is 15.1. The lowest BCUT2D eigenvalue weighted by Crippen LogP contribution is -2.32. The maximum Gasteiger partial charge on any atom is 0.361 e. The molecule has 0 aliphatic heterocycles. The van der Waals surface area contributed by atoms with Gasteiger partial charge >= 0.3 is 5.97 Å². The van der Waals surface area contributed by atoms with Gasteiger partial charge in [0, 0.05) is 0 Å². The van der Waals surface area contributed by atoms with Crippen molar-refractivity contribution in [1.29, 1.82) is 0 Å². The molecule has 0 aromatic heterocycles. The summed E-state index contributed by atoms with van der Waals surface area (Å²) >= 11 is 0. The molecule has 110 valence electrons. The van der Waals surface area contributed by atoms with Crippen molar-refractivity contribution in [2.24, 2.45) is 11.6 Å². The summed E-state index contributed by atoms with van der Waals surface area (Å²) in [4.78, 5) is 11.4. The summed E-state index contributed by atoms with van der Waals surface area (Å²) in [6.07, 6.45) is 1.84. The summed E-state index contributed by atoms with van der Waals surface area (Å²) in [6.45, 7) is 4.16. The van der Waals surface area contributed by atoms with E-state index in [1.807, 2.05) is 12.1 Å². The standard InChI is InChI=1S/C14H21N3O3/c1-4-9-6-7-11(8-10(9)5-2)20-13(15)12(17-16)14(18)19-3/h6-8,17H,4-5,15-16H2,1-3H3/b13-12+. The van der Waals surface area contributed by atoms with Gasteiger partial charge in [0.1, 0.15) is 5.75 Å². The Morgan fingerprint density at radius 2 is 1.90 bits per heavy atom. The Kier molecular flexibility index (Phi) is 5.86. The molecule has 20 heavy (non-hydrogen) atoms. The lowest BCUT2D eigenvalue weighted by atomic mass is 10.0. The molecule has 0 heterocycles. The number of hydrogen-bond acceptors (Lipinski definition) is 6. The molecule has 0 fully saturated rings. The van der Waals surface area contributed by atoms with Gasteiger partial charge in [-0.05, 0) is 36.1 Å². The van der Waals surface area contributed by atoms with E-state index in [9.17, 15) is 4.79 Å². The SMILES string of the molecule is CCc1ccc(O/C(N)=C(/NN)C(=O)OC)cc1CC. The molecule has 6 nitrogen and oxygen atoms in total. The van der Waals surface area contributed by atoms with Crippen LogP contribution in [0.25, 0.3) is 0 Å². The van der Waals surface area contributed by atoms with Crippen LogP contribution in [0.15, 0.2) is 29.8 Å². The van der Waals surface area contributed by atoms with Gasteiger partial charge in [-0.25, -0.2) is 4.79 Å². The van der Waals surface area contributed by atoms with Crippen LogP contribution in [0.1, 0.15) is 25.0 Å². The highest BCUT2D eigenvalue weighted by Crippen LogP contribution is 2.20. The molecule has 0 unspecified atom stereocenters. The second-order valence-electron chi connectivity index (χ2n) is 4.11. The van der Waals surface area contributed by atoms with Crippen molar-refractivity contribution < 1.29 is 14.3 Å². The third-order valence-electron chi connectivity index (χ3n) is 2.95. The fraction of sp³-hybridized carbons (Fsp3) is 0.357. The predicted octanol–water partition coefficient (Wildman–Crippen LogP) is 0.954. The summed E-state index contributed by atoms with van der Waals surface area (Å²) in [6, 6.07) is 5.68. The number of aryl methyl sites for hydroxylation is 2. The summed E-state index contributed by atoms with van der Waals surface area (Å²) in [7, 11) is 1.23. The Morgan fingerprint density at radius 1 is 1.25 bits per heavy atom. The second kappa shape index (κ2) is 7.40. The number of nitrogens with two attached hydrogens (primary N) is 2. The van der Waals surface area contributed by atoms with Crippen molar-refractivity contribution in [2.45, 2.75) is 26.7 Å². The highest BCUT2D eigenvalue weighted by molar-refractivity contribution is 5.88. The number of carbonyl (C=O) groups excluding carboxylic acids is 1. The van der Waals surface area contributed by atoms with E-state index in [1.165, 1.54) is 18.2 Å². The van der Waals surface area contributed by atoms with Gasteiger partial charge in [-0.2, -0.15) is 0 Å². The number of carbonyl (C=O) groups is 1. The number of benzene rings is 1. The number of esters is 1. The first-order valence-electron chi connectivity index (χ1n) is 6.41. The maximum atomic E-state index is 11.4. The number of hydrazine groups is 1. The monoisotopic (exact) mass is 279 g/mol. The molecule has 0 amide bonds. The van der Waals surface area contributed by atoms with E-state index in [-0.39, 0.29) is 11.6 Å². The minimum absolute atomic E-state index is 0.120. The Balaban J connectivity index is 3.03. The maximum absolute atomic E-state index is 11.4. The van der Waals surface area contributed by atoms with Gasteiger partial charge in [0.25, 0.3) is 0 Å². The van der Waals surface area contributed by atoms with Crippen LogP contribution in [0.4, 0.5) is 0 Å². The van der Waals surface area contributed by atoms with E-state index in [1.54, 1.807) is 6.07 Å². The molecule has 6 heteroatoms. The van der Waals surface area contributed by atoms with Gasteiger partial charge < -0.3 is 20.6 Å². The first-order valence-corrected chi connectivity index (χ1v) is 6.41. The zero-order valence-corrected chi connectivity index (χ0v) is 12.0. The van der Waals surface area contributed by atoms with Crippen LogP contribution in [0.3, 0.4) is 0 Å². The van der Waals surface area contributed by atoms with Crippen LogP contribution >= 0.6 is 0 Å². The van der Waals surface area contributed by atoms with E-state index in [4.69, 9.17) is 16.3 Å². The van der Waals surface area contributed by atoms with Gasteiger partial charge in [0.05, 0.1) is 7.11 Å². The molecule has 0 radical (unpaired) electrons. The summed E-state index contributed by atoms with van der Waals surface area (Å²) in [5, 5.41) is 0. The Labute approximate surface area is 118 Å². The molecule has 0 spiro atoms. The van der Waals surface area contributed by atoms with Crippen molar-refractivity contribution >= 4 is 5.97 Å².